The summed E-state index contributed by atoms with van der Waals surface area (Å²) in [6, 6.07) is 26.4. The monoisotopic (exact) mass is 556 g/mol. The molecule has 1 atom stereocenters. The number of hydrogen-bond acceptors (Lipinski definition) is 5. The number of fused-ring (bicyclic) bond motifs is 1. The molecule has 1 amide bonds. The topological polar surface area (TPSA) is 102 Å². The molecule has 40 heavy (non-hydrogen) atoms. The smallest absolute Gasteiger partial charge is 0.412 e. The Morgan fingerprint density at radius 1 is 0.950 bits per heavy atom. The normalized spacial score (nSPS) is 11.5. The Morgan fingerprint density at radius 3 is 2.30 bits per heavy atom. The number of aryl methyl sites for hydroxylation is 1. The van der Waals surface area contributed by atoms with Gasteiger partial charge in [0, 0.05) is 16.1 Å². The average molecular weight is 557 g/mol. The second-order valence-electron chi connectivity index (χ2n) is 9.13. The van der Waals surface area contributed by atoms with Gasteiger partial charge in [0.25, 0.3) is 0 Å². The third-order valence-corrected chi connectivity index (χ3v) is 6.88. The van der Waals surface area contributed by atoms with Gasteiger partial charge in [-0.1, -0.05) is 103 Å². The molecule has 0 aliphatic heterocycles. The number of nitrogens with zero attached hydrogens (tertiary/aromatic N) is 1. The first-order valence-corrected chi connectivity index (χ1v) is 12.7. The van der Waals surface area contributed by atoms with Gasteiger partial charge in [0.2, 0.25) is 0 Å². The fraction of sp³-hybridized carbons (Fsp3) is 0.156. The van der Waals surface area contributed by atoms with Gasteiger partial charge in [0.15, 0.2) is 5.76 Å². The third kappa shape index (κ3) is 5.84. The van der Waals surface area contributed by atoms with E-state index >= 15 is 0 Å². The molecule has 0 saturated carbocycles. The molecule has 204 valence electrons. The average Bonchev–Trinajstić information content (AvgIpc) is 3.28. The second kappa shape index (κ2) is 12.1. The first-order chi connectivity index (χ1) is 18.8. The third-order valence-electron chi connectivity index (χ3n) is 6.53. The minimum atomic E-state index is -0.869. The van der Waals surface area contributed by atoms with Gasteiger partial charge >= 0.3 is 12.1 Å². The van der Waals surface area contributed by atoms with Crippen LogP contribution in [0, 0.1) is 6.92 Å². The highest BCUT2D eigenvalue weighted by Gasteiger charge is 2.21. The number of anilines is 1. The molecule has 0 bridgehead atoms. The molecule has 0 radical (unpaired) electrons. The zero-order chi connectivity index (χ0) is 27.5. The number of carboxylic acids is 1. The number of carbonyl (C=O) groups excluding carboxylic acids is 1. The van der Waals surface area contributed by atoms with E-state index in [0.717, 1.165) is 33.0 Å². The highest BCUT2D eigenvalue weighted by Crippen LogP contribution is 2.35. The van der Waals surface area contributed by atoms with Crippen molar-refractivity contribution in [3.8, 4) is 22.5 Å². The highest BCUT2D eigenvalue weighted by molar-refractivity contribution is 6.31. The molecule has 2 N–H and O–H groups in total. The fourth-order valence-corrected chi connectivity index (χ4v) is 4.90. The number of halogens is 1. The molecule has 1 aromatic heterocycles. The second-order valence-corrected chi connectivity index (χ2v) is 9.54. The molecule has 5 rings (SSSR count). The molecule has 1 heterocycles. The molecular weight excluding hydrogens is 528 g/mol. The number of aliphatic carboxylic acids is 1. The molecule has 0 unspecified atom stereocenters. The number of rotatable bonds is 7. The Balaban J connectivity index is 0.00000370. The first kappa shape index (κ1) is 28.4. The molecule has 5 aromatic rings. The minimum Gasteiger partial charge on any atom is -0.481 e. The number of nitrogens with one attached hydrogen (secondary N) is 1. The maximum atomic E-state index is 12.7. The van der Waals surface area contributed by atoms with Crippen molar-refractivity contribution in [3.63, 3.8) is 0 Å². The number of hydrogen-bond donors (Lipinski definition) is 2. The maximum Gasteiger partial charge on any atom is 0.412 e. The van der Waals surface area contributed by atoms with Gasteiger partial charge in [0.05, 0.1) is 6.42 Å². The molecule has 8 heteroatoms. The van der Waals surface area contributed by atoms with Gasteiger partial charge in [-0.2, -0.15) is 0 Å². The summed E-state index contributed by atoms with van der Waals surface area (Å²) in [6.07, 6.45) is -1.25. The molecule has 7 nitrogen and oxygen atoms in total. The zero-order valence-electron chi connectivity index (χ0n) is 21.3. The molecule has 0 spiro atoms. The van der Waals surface area contributed by atoms with E-state index in [1.807, 2.05) is 72.8 Å². The standard InChI is InChI=1S/C31H25ClN2O5.CH4/c1-18-29(33-31(37)38-19(2)23-7-5-6-10-27(23)32)30(39-34-18)21-13-11-20(12-14-21)25-16-15-22(17-28(35)36)24-8-3-4-9-26(24)25;/h3-16,19H,17H2,1-2H3,(H,33,37)(H,35,36);1H4/t19-;/m1./s1. The molecule has 0 aliphatic carbocycles. The van der Waals surface area contributed by atoms with Crippen LogP contribution < -0.4 is 5.32 Å². The van der Waals surface area contributed by atoms with E-state index < -0.39 is 18.2 Å². The van der Waals surface area contributed by atoms with Gasteiger partial charge in [-0.05, 0) is 47.4 Å². The summed E-state index contributed by atoms with van der Waals surface area (Å²) in [6.45, 7) is 3.48. The lowest BCUT2D eigenvalue weighted by Crippen LogP contribution is -2.17. The summed E-state index contributed by atoms with van der Waals surface area (Å²) >= 11 is 6.23. The lowest BCUT2D eigenvalue weighted by molar-refractivity contribution is -0.136. The van der Waals surface area contributed by atoms with E-state index in [9.17, 15) is 14.7 Å². The summed E-state index contributed by atoms with van der Waals surface area (Å²) in [5.41, 5.74) is 5.06. The van der Waals surface area contributed by atoms with Crippen LogP contribution in [0.3, 0.4) is 0 Å². The number of ether oxygens (including phenoxy) is 1. The van der Waals surface area contributed by atoms with E-state index in [1.54, 1.807) is 26.0 Å². The zero-order valence-corrected chi connectivity index (χ0v) is 22.0. The largest absolute Gasteiger partial charge is 0.481 e. The highest BCUT2D eigenvalue weighted by atomic mass is 35.5. The number of carbonyl (C=O) groups is 2. The molecular formula is C32H29ClN2O5. The summed E-state index contributed by atoms with van der Waals surface area (Å²) < 4.78 is 11.1. The predicted molar refractivity (Wildman–Crippen MR) is 158 cm³/mol. The van der Waals surface area contributed by atoms with E-state index in [4.69, 9.17) is 20.9 Å². The number of aromatic nitrogens is 1. The van der Waals surface area contributed by atoms with Crippen molar-refractivity contribution in [3.05, 3.63) is 107 Å². The molecule has 4 aromatic carbocycles. The van der Waals surface area contributed by atoms with E-state index in [0.29, 0.717) is 27.7 Å². The van der Waals surface area contributed by atoms with Crippen LogP contribution in [0.1, 0.15) is 37.3 Å². The Bertz CT molecular complexity index is 1680. The Labute approximate surface area is 237 Å². The number of carboxylic acid groups (broad SMARTS) is 1. The summed E-state index contributed by atoms with van der Waals surface area (Å²) in [7, 11) is 0. The summed E-state index contributed by atoms with van der Waals surface area (Å²) in [4.78, 5) is 24.0. The van der Waals surface area contributed by atoms with Crippen molar-refractivity contribution in [2.45, 2.75) is 33.8 Å². The summed E-state index contributed by atoms with van der Waals surface area (Å²) in [5, 5.41) is 18.5. The molecule has 0 fully saturated rings. The van der Waals surface area contributed by atoms with Crippen molar-refractivity contribution in [2.75, 3.05) is 5.32 Å². The van der Waals surface area contributed by atoms with Crippen molar-refractivity contribution in [1.29, 1.82) is 0 Å². The lowest BCUT2D eigenvalue weighted by Gasteiger charge is -2.15. The van der Waals surface area contributed by atoms with Crippen LogP contribution in [0.5, 0.6) is 0 Å². The van der Waals surface area contributed by atoms with Crippen LogP contribution in [-0.2, 0) is 16.0 Å². The van der Waals surface area contributed by atoms with E-state index in [2.05, 4.69) is 10.5 Å². The van der Waals surface area contributed by atoms with Gasteiger partial charge in [-0.25, -0.2) is 4.79 Å². The van der Waals surface area contributed by atoms with Crippen molar-refractivity contribution in [2.24, 2.45) is 0 Å². The van der Waals surface area contributed by atoms with E-state index in [-0.39, 0.29) is 13.8 Å². The predicted octanol–water partition coefficient (Wildman–Crippen LogP) is 8.70. The fourth-order valence-electron chi connectivity index (χ4n) is 4.61. The van der Waals surface area contributed by atoms with Crippen LogP contribution in [0.4, 0.5) is 10.5 Å². The SMILES string of the molecule is C.Cc1noc(-c2ccc(-c3ccc(CC(=O)O)c4ccccc34)cc2)c1NC(=O)O[C@H](C)c1ccccc1Cl. The Kier molecular flexibility index (Phi) is 8.55. The summed E-state index contributed by atoms with van der Waals surface area (Å²) in [5.74, 6) is -0.464. The van der Waals surface area contributed by atoms with Gasteiger partial charge in [-0.15, -0.1) is 0 Å². The molecule has 0 aliphatic rings. The van der Waals surface area contributed by atoms with Crippen molar-refractivity contribution >= 4 is 40.1 Å². The number of amides is 1. The minimum absolute atomic E-state index is 0. The van der Waals surface area contributed by atoms with Crippen LogP contribution in [0.15, 0.2) is 89.5 Å². The first-order valence-electron chi connectivity index (χ1n) is 12.3. The quantitative estimate of drug-likeness (QED) is 0.208. The molecule has 0 saturated heterocycles. The Hall–Kier alpha value is -4.62. The van der Waals surface area contributed by atoms with Crippen molar-refractivity contribution < 1.29 is 24.0 Å². The Morgan fingerprint density at radius 2 is 1.60 bits per heavy atom. The van der Waals surface area contributed by atoms with Crippen molar-refractivity contribution in [1.82, 2.24) is 5.16 Å². The van der Waals surface area contributed by atoms with Crippen LogP contribution in [0.2, 0.25) is 5.02 Å². The van der Waals surface area contributed by atoms with E-state index in [1.165, 1.54) is 0 Å². The van der Waals surface area contributed by atoms with Crippen LogP contribution >= 0.6 is 11.6 Å². The van der Waals surface area contributed by atoms with Gasteiger partial charge in [0.1, 0.15) is 17.5 Å². The number of benzene rings is 4. The maximum absolute atomic E-state index is 12.7. The van der Waals surface area contributed by atoms with Gasteiger partial charge < -0.3 is 14.4 Å². The van der Waals surface area contributed by atoms with Gasteiger partial charge in [-0.3, -0.25) is 10.1 Å². The van der Waals surface area contributed by atoms with Crippen LogP contribution in [0.25, 0.3) is 33.2 Å². The van der Waals surface area contributed by atoms with Crippen LogP contribution in [-0.4, -0.2) is 22.3 Å². The lowest BCUT2D eigenvalue weighted by atomic mass is 9.93.